The molecule has 27 rings (SSSR count). The second-order valence-electron chi connectivity index (χ2n) is 30.1. The van der Waals surface area contributed by atoms with Gasteiger partial charge in [-0.3, -0.25) is 13.7 Å². The number of pyridine rings is 3. The zero-order valence-electron chi connectivity index (χ0n) is 62.6. The predicted molar refractivity (Wildman–Crippen MR) is 481 cm³/mol. The van der Waals surface area contributed by atoms with Crippen molar-refractivity contribution in [2.75, 3.05) is 0 Å². The second kappa shape index (κ2) is 25.2. The molecule has 12 nitrogen and oxygen atoms in total. The Labute approximate surface area is 665 Å². The molecule has 0 spiro atoms. The number of hydrogen-bond donors (Lipinski definition) is 0. The molecule has 0 aliphatic heterocycles. The minimum Gasteiger partial charge on any atom is -0.456 e. The van der Waals surface area contributed by atoms with Gasteiger partial charge in [0.2, 0.25) is 0 Å². The van der Waals surface area contributed by atoms with E-state index in [0.717, 1.165) is 161 Å². The number of rotatable bonds is 6. The van der Waals surface area contributed by atoms with Crippen LogP contribution in [0.1, 0.15) is 0 Å². The number of para-hydroxylation sites is 10. The van der Waals surface area contributed by atoms with Crippen LogP contribution >= 0.6 is 0 Å². The van der Waals surface area contributed by atoms with Crippen LogP contribution in [0.15, 0.2) is 396 Å². The number of hydrogen-bond acceptors (Lipinski definition) is 6. The van der Waals surface area contributed by atoms with Gasteiger partial charge in [-0.2, -0.15) is 0 Å². The highest BCUT2D eigenvalue weighted by Crippen LogP contribution is 2.47. The average molecular weight is 1500 g/mol. The summed E-state index contributed by atoms with van der Waals surface area (Å²) in [6.45, 7) is 0. The maximum atomic E-state index is 6.27. The van der Waals surface area contributed by atoms with E-state index in [0.29, 0.717) is 0 Å². The molecule has 0 amide bonds. The van der Waals surface area contributed by atoms with Crippen molar-refractivity contribution >= 4 is 197 Å². The second-order valence-corrected chi connectivity index (χ2v) is 30.1. The van der Waals surface area contributed by atoms with E-state index in [1.807, 2.05) is 67.1 Å². The Balaban J connectivity index is 0.0000000980. The van der Waals surface area contributed by atoms with Crippen molar-refractivity contribution < 1.29 is 13.3 Å². The van der Waals surface area contributed by atoms with Gasteiger partial charge in [-0.05, 0) is 164 Å². The number of nitrogens with zero attached hydrogens (tertiary/aromatic N) is 9. The molecular weight excluding hydrogens is 1440 g/mol. The third kappa shape index (κ3) is 9.55. The summed E-state index contributed by atoms with van der Waals surface area (Å²) in [5.41, 5.74) is 25.1. The molecule has 0 bridgehead atoms. The topological polar surface area (TPSA) is 108 Å². The molecule has 117 heavy (non-hydrogen) atoms. The molecule has 546 valence electrons. The van der Waals surface area contributed by atoms with E-state index < -0.39 is 0 Å². The van der Waals surface area contributed by atoms with Crippen LogP contribution in [0, 0.1) is 0 Å². The highest BCUT2D eigenvalue weighted by atomic mass is 16.3. The summed E-state index contributed by atoms with van der Waals surface area (Å²) in [6, 6.07) is 128. The summed E-state index contributed by atoms with van der Waals surface area (Å²) in [4.78, 5) is 14.9. The van der Waals surface area contributed by atoms with Gasteiger partial charge in [-0.25, -0.2) is 15.0 Å². The van der Waals surface area contributed by atoms with E-state index >= 15 is 0 Å². The van der Waals surface area contributed by atoms with E-state index in [-0.39, 0.29) is 0 Å². The van der Waals surface area contributed by atoms with Crippen molar-refractivity contribution in [3.8, 4) is 34.1 Å². The molecule has 12 heteroatoms. The Hall–Kier alpha value is -16.1. The van der Waals surface area contributed by atoms with Gasteiger partial charge in [0, 0.05) is 156 Å². The minimum atomic E-state index is 0.876. The largest absolute Gasteiger partial charge is 0.456 e. The average Bonchev–Trinajstić information content (AvgIpc) is 1.55. The lowest BCUT2D eigenvalue weighted by Crippen LogP contribution is -1.96. The quantitative estimate of drug-likeness (QED) is 0.164. The Bertz CT molecular complexity index is 7980. The van der Waals surface area contributed by atoms with Crippen molar-refractivity contribution in [3.05, 3.63) is 383 Å². The van der Waals surface area contributed by atoms with Gasteiger partial charge >= 0.3 is 0 Å². The summed E-state index contributed by atoms with van der Waals surface area (Å²) in [6.07, 6.45) is 5.78. The summed E-state index contributed by atoms with van der Waals surface area (Å²) in [7, 11) is 0. The Morgan fingerprint density at radius 1 is 0.162 bits per heavy atom. The van der Waals surface area contributed by atoms with Gasteiger partial charge in [0.25, 0.3) is 0 Å². The Kier molecular flexibility index (Phi) is 13.9. The zero-order valence-corrected chi connectivity index (χ0v) is 62.6. The molecule has 12 aromatic heterocycles. The molecule has 12 heterocycles. The van der Waals surface area contributed by atoms with Gasteiger partial charge < -0.3 is 27.0 Å². The molecule has 0 fully saturated rings. The summed E-state index contributed by atoms with van der Waals surface area (Å²) < 4.78 is 32.7. The van der Waals surface area contributed by atoms with Crippen LogP contribution in [0.3, 0.4) is 0 Å². The highest BCUT2D eigenvalue weighted by molar-refractivity contribution is 6.31. The van der Waals surface area contributed by atoms with E-state index in [1.165, 1.54) is 70.4 Å². The third-order valence-electron chi connectivity index (χ3n) is 23.9. The zero-order chi connectivity index (χ0) is 76.5. The molecule has 0 aliphatic rings. The lowest BCUT2D eigenvalue weighted by Gasteiger charge is -2.09. The standard InChI is InChI=1S/3C35H21N3O/c1-2-10-22(11-3-1)38-29-16-8-5-14-27(29)34-33-26-13-4-7-15-28(26)37(30(33)21-36-35(34)38)23-18-19-25-24-12-6-9-17-31(24)39-32(25)20-23;1-2-9-22(10-3-1)38-30-19-18-29-33(34(30)27-13-8-20-36-35(27)38)26-12-4-6-14-28(26)37(29)23-16-17-25-24-11-5-7-15-31(24)39-32(25)21-23;1-2-9-22(10-3-1)37-28-14-6-4-12-26(28)33-29(37)18-19-30-34(33)27-13-8-20-36-35(27)38(30)23-16-17-25-24-11-5-7-15-31(24)39-32(25)21-23/h3*1-21H. The van der Waals surface area contributed by atoms with Crippen LogP contribution < -0.4 is 0 Å². The first kappa shape index (κ1) is 64.6. The van der Waals surface area contributed by atoms with Crippen molar-refractivity contribution in [1.82, 2.24) is 42.4 Å². The van der Waals surface area contributed by atoms with Crippen molar-refractivity contribution in [2.24, 2.45) is 0 Å². The maximum Gasteiger partial charge on any atom is 0.146 e. The van der Waals surface area contributed by atoms with Crippen LogP contribution in [0.25, 0.3) is 231 Å². The smallest absolute Gasteiger partial charge is 0.146 e. The van der Waals surface area contributed by atoms with Crippen LogP contribution in [-0.2, 0) is 0 Å². The van der Waals surface area contributed by atoms with Crippen molar-refractivity contribution in [3.63, 3.8) is 0 Å². The molecule has 27 aromatic rings. The van der Waals surface area contributed by atoms with E-state index in [2.05, 4.69) is 343 Å². The third-order valence-corrected chi connectivity index (χ3v) is 23.9. The maximum absolute atomic E-state index is 6.27. The summed E-state index contributed by atoms with van der Waals surface area (Å²) in [5.74, 6) is 0. The first-order valence-corrected chi connectivity index (χ1v) is 39.5. The predicted octanol–water partition coefficient (Wildman–Crippen LogP) is 27.5. The fourth-order valence-corrected chi connectivity index (χ4v) is 19.1. The van der Waals surface area contributed by atoms with Gasteiger partial charge in [-0.1, -0.05) is 182 Å². The minimum absolute atomic E-state index is 0.876. The van der Waals surface area contributed by atoms with Gasteiger partial charge in [-0.15, -0.1) is 0 Å². The van der Waals surface area contributed by atoms with Crippen LogP contribution in [-0.4, -0.2) is 42.4 Å². The molecule has 15 aromatic carbocycles. The molecule has 0 aliphatic carbocycles. The fraction of sp³-hybridized carbons (Fsp3) is 0. The molecule has 0 N–H and O–H groups in total. The number of fused-ring (bicyclic) bond motifs is 30. The molecular formula is C105H63N9O3. The van der Waals surface area contributed by atoms with E-state index in [9.17, 15) is 0 Å². The van der Waals surface area contributed by atoms with Crippen molar-refractivity contribution in [2.45, 2.75) is 0 Å². The number of furan rings is 3. The molecule has 0 saturated heterocycles. The molecule has 0 atom stereocenters. The number of benzene rings is 15. The normalized spacial score (nSPS) is 12.1. The lowest BCUT2D eigenvalue weighted by atomic mass is 10.1. The monoisotopic (exact) mass is 1500 g/mol. The molecule has 0 radical (unpaired) electrons. The highest BCUT2D eigenvalue weighted by Gasteiger charge is 2.27. The number of aromatic nitrogens is 9. The Morgan fingerprint density at radius 2 is 0.436 bits per heavy atom. The first-order valence-electron chi connectivity index (χ1n) is 39.5. The molecule has 0 saturated carbocycles. The lowest BCUT2D eigenvalue weighted by molar-refractivity contribution is 0.668. The summed E-state index contributed by atoms with van der Waals surface area (Å²) >= 11 is 0. The first-order chi connectivity index (χ1) is 58.1. The van der Waals surface area contributed by atoms with Crippen LogP contribution in [0.2, 0.25) is 0 Å². The van der Waals surface area contributed by atoms with Crippen molar-refractivity contribution in [1.29, 1.82) is 0 Å². The van der Waals surface area contributed by atoms with Crippen LogP contribution in [0.5, 0.6) is 0 Å². The fourth-order valence-electron chi connectivity index (χ4n) is 19.1. The van der Waals surface area contributed by atoms with Gasteiger partial charge in [0.1, 0.15) is 50.4 Å². The Morgan fingerprint density at radius 3 is 0.855 bits per heavy atom. The summed E-state index contributed by atoms with van der Waals surface area (Å²) in [5, 5.41) is 21.3. The van der Waals surface area contributed by atoms with E-state index in [4.69, 9.17) is 28.2 Å². The van der Waals surface area contributed by atoms with Gasteiger partial charge in [0.05, 0.1) is 61.5 Å². The SMILES string of the molecule is c1ccc(-n2c3ccc4c(c5ccccc5n4-c4ccc5c(c4)oc4ccccc45)c3c3cccnc32)cc1.c1ccc(-n2c3ccccc3c3c4c5ccccc5n(-c5ccc6c(c5)oc5ccccc56)c4cnc32)cc1.c1ccc(-n2c3ccccc3c3c4c5cccnc5n(-c5ccc6c(c5)oc5ccccc56)c4ccc32)cc1. The van der Waals surface area contributed by atoms with Crippen LogP contribution in [0.4, 0.5) is 0 Å². The van der Waals surface area contributed by atoms with E-state index in [1.54, 1.807) is 0 Å². The van der Waals surface area contributed by atoms with Gasteiger partial charge in [0.15, 0.2) is 0 Å². The molecule has 0 unspecified atom stereocenters.